The molecule has 0 atom stereocenters. The second-order valence-corrected chi connectivity index (χ2v) is 6.05. The van der Waals surface area contributed by atoms with Crippen molar-refractivity contribution < 1.29 is 23.8 Å². The van der Waals surface area contributed by atoms with Crippen LogP contribution in [0.5, 0.6) is 5.75 Å². The molecule has 1 aromatic heterocycles. The Morgan fingerprint density at radius 3 is 2.42 bits per heavy atom. The van der Waals surface area contributed by atoms with E-state index in [9.17, 15) is 14.7 Å². The van der Waals surface area contributed by atoms with Crippen LogP contribution in [-0.2, 0) is 11.3 Å². The number of esters is 1. The first kappa shape index (κ1) is 17.5. The van der Waals surface area contributed by atoms with E-state index in [1.54, 1.807) is 32.2 Å². The molecule has 0 unspecified atom stereocenters. The third-order valence-electron chi connectivity index (χ3n) is 4.21. The number of rotatable bonds is 4. The van der Waals surface area contributed by atoms with Gasteiger partial charge in [0.1, 0.15) is 22.8 Å². The highest BCUT2D eigenvalue weighted by atomic mass is 16.5. The van der Waals surface area contributed by atoms with Crippen LogP contribution < -0.4 is 0 Å². The van der Waals surface area contributed by atoms with Crippen LogP contribution in [0.25, 0.3) is 10.8 Å². The van der Waals surface area contributed by atoms with Gasteiger partial charge >= 0.3 is 5.97 Å². The molecule has 0 spiro atoms. The lowest BCUT2D eigenvalue weighted by Gasteiger charge is -2.17. The summed E-state index contributed by atoms with van der Waals surface area (Å²) in [6, 6.07) is 12.3. The van der Waals surface area contributed by atoms with Gasteiger partial charge in [0.2, 0.25) is 0 Å². The Kier molecular flexibility index (Phi) is 4.67. The molecule has 0 aliphatic heterocycles. The number of benzene rings is 2. The average molecular weight is 353 g/mol. The monoisotopic (exact) mass is 353 g/mol. The van der Waals surface area contributed by atoms with Crippen LogP contribution >= 0.6 is 0 Å². The lowest BCUT2D eigenvalue weighted by Crippen LogP contribution is -2.26. The molecule has 6 heteroatoms. The number of furan rings is 1. The molecule has 1 amide bonds. The Hall–Kier alpha value is -3.28. The van der Waals surface area contributed by atoms with Crippen LogP contribution in [-0.4, -0.2) is 36.0 Å². The fourth-order valence-corrected chi connectivity index (χ4v) is 2.84. The van der Waals surface area contributed by atoms with Crippen LogP contribution in [0.4, 0.5) is 0 Å². The molecule has 0 bridgehead atoms. The Bertz CT molecular complexity index is 989. The fraction of sp³-hybridized carbons (Fsp3) is 0.200. The zero-order valence-electron chi connectivity index (χ0n) is 14.8. The lowest BCUT2D eigenvalue weighted by molar-refractivity contribution is 0.0598. The number of carbonyl (C=O) groups is 2. The van der Waals surface area contributed by atoms with Crippen molar-refractivity contribution >= 4 is 22.6 Å². The number of fused-ring (bicyclic) bond motifs is 1. The van der Waals surface area contributed by atoms with Crippen molar-refractivity contribution in [1.82, 2.24) is 4.90 Å². The average Bonchev–Trinajstić information content (AvgIpc) is 2.99. The summed E-state index contributed by atoms with van der Waals surface area (Å²) in [5.41, 5.74) is 0.541. The van der Waals surface area contributed by atoms with Crippen LogP contribution in [0.1, 0.15) is 32.2 Å². The smallest absolute Gasteiger partial charge is 0.341 e. The standard InChI is InChI=1S/C20H19NO5/c1-12-16(20(24)25-3)10-15(26-12)11-21(2)19(23)17-8-13-6-4-5-7-14(13)9-18(17)22/h4-10,22H,11H2,1-3H3. The minimum absolute atomic E-state index is 0.0774. The zero-order valence-corrected chi connectivity index (χ0v) is 14.8. The molecule has 3 aromatic rings. The number of methoxy groups -OCH3 is 1. The van der Waals surface area contributed by atoms with Crippen LogP contribution in [0.2, 0.25) is 0 Å². The van der Waals surface area contributed by atoms with Gasteiger partial charge in [-0.25, -0.2) is 4.79 Å². The van der Waals surface area contributed by atoms with Crippen molar-refractivity contribution in [3.63, 3.8) is 0 Å². The van der Waals surface area contributed by atoms with E-state index in [2.05, 4.69) is 0 Å². The molecule has 0 aliphatic carbocycles. The molecule has 0 saturated carbocycles. The van der Waals surface area contributed by atoms with Gasteiger partial charge in [0.25, 0.3) is 5.91 Å². The zero-order chi connectivity index (χ0) is 18.8. The molecule has 0 radical (unpaired) electrons. The lowest BCUT2D eigenvalue weighted by atomic mass is 10.0. The number of phenolic OH excluding ortho intramolecular Hbond substituents is 1. The van der Waals surface area contributed by atoms with E-state index in [4.69, 9.17) is 9.15 Å². The fourth-order valence-electron chi connectivity index (χ4n) is 2.84. The summed E-state index contributed by atoms with van der Waals surface area (Å²) in [5, 5.41) is 11.9. The van der Waals surface area contributed by atoms with E-state index in [-0.39, 0.29) is 23.8 Å². The SMILES string of the molecule is COC(=O)c1cc(CN(C)C(=O)c2cc3ccccc3cc2O)oc1C. The highest BCUT2D eigenvalue weighted by Gasteiger charge is 2.20. The van der Waals surface area contributed by atoms with Gasteiger partial charge in [0, 0.05) is 7.05 Å². The van der Waals surface area contributed by atoms with Gasteiger partial charge < -0.3 is 19.2 Å². The van der Waals surface area contributed by atoms with Crippen LogP contribution in [0.15, 0.2) is 46.9 Å². The Morgan fingerprint density at radius 1 is 1.12 bits per heavy atom. The third-order valence-corrected chi connectivity index (χ3v) is 4.21. The van der Waals surface area contributed by atoms with E-state index in [0.717, 1.165) is 10.8 Å². The van der Waals surface area contributed by atoms with Gasteiger partial charge in [0.05, 0.1) is 19.2 Å². The molecule has 26 heavy (non-hydrogen) atoms. The topological polar surface area (TPSA) is 80.0 Å². The Morgan fingerprint density at radius 2 is 1.77 bits per heavy atom. The minimum Gasteiger partial charge on any atom is -0.507 e. The van der Waals surface area contributed by atoms with Gasteiger partial charge in [0.15, 0.2) is 0 Å². The Labute approximate surface area is 150 Å². The predicted octanol–water partition coefficient (Wildman–Crippen LogP) is 3.51. The van der Waals surface area contributed by atoms with Gasteiger partial charge in [-0.05, 0) is 35.9 Å². The summed E-state index contributed by atoms with van der Waals surface area (Å²) in [6.45, 7) is 1.82. The summed E-state index contributed by atoms with van der Waals surface area (Å²) in [4.78, 5) is 25.8. The highest BCUT2D eigenvalue weighted by Crippen LogP contribution is 2.26. The summed E-state index contributed by atoms with van der Waals surface area (Å²) in [6.07, 6.45) is 0. The summed E-state index contributed by atoms with van der Waals surface area (Å²) in [7, 11) is 2.90. The van der Waals surface area contributed by atoms with E-state index < -0.39 is 5.97 Å². The first-order chi connectivity index (χ1) is 12.4. The van der Waals surface area contributed by atoms with E-state index >= 15 is 0 Å². The Balaban J connectivity index is 1.84. The number of hydrogen-bond acceptors (Lipinski definition) is 5. The molecule has 0 fully saturated rings. The molecule has 1 heterocycles. The number of ether oxygens (including phenoxy) is 1. The highest BCUT2D eigenvalue weighted by molar-refractivity contribution is 6.01. The first-order valence-corrected chi connectivity index (χ1v) is 8.05. The van der Waals surface area contributed by atoms with Crippen molar-refractivity contribution in [2.24, 2.45) is 0 Å². The van der Waals surface area contributed by atoms with Gasteiger partial charge in [-0.2, -0.15) is 0 Å². The van der Waals surface area contributed by atoms with Crippen molar-refractivity contribution in [2.75, 3.05) is 14.2 Å². The molecular weight excluding hydrogens is 334 g/mol. The van der Waals surface area contributed by atoms with Gasteiger partial charge in [-0.15, -0.1) is 0 Å². The van der Waals surface area contributed by atoms with E-state index in [0.29, 0.717) is 17.1 Å². The molecule has 3 rings (SSSR count). The minimum atomic E-state index is -0.487. The maximum absolute atomic E-state index is 12.7. The van der Waals surface area contributed by atoms with E-state index in [1.165, 1.54) is 12.0 Å². The summed E-state index contributed by atoms with van der Waals surface area (Å²) < 4.78 is 10.2. The summed E-state index contributed by atoms with van der Waals surface area (Å²) >= 11 is 0. The molecule has 1 N–H and O–H groups in total. The molecule has 2 aromatic carbocycles. The van der Waals surface area contributed by atoms with Crippen LogP contribution in [0, 0.1) is 6.92 Å². The summed E-state index contributed by atoms with van der Waals surface area (Å²) in [5.74, 6) is -0.0210. The molecule has 0 saturated heterocycles. The quantitative estimate of drug-likeness (QED) is 0.726. The van der Waals surface area contributed by atoms with Crippen molar-refractivity contribution in [1.29, 1.82) is 0 Å². The first-order valence-electron chi connectivity index (χ1n) is 8.05. The van der Waals surface area contributed by atoms with Crippen molar-refractivity contribution in [2.45, 2.75) is 13.5 Å². The molecule has 6 nitrogen and oxygen atoms in total. The van der Waals surface area contributed by atoms with Crippen molar-refractivity contribution in [3.05, 3.63) is 65.1 Å². The second-order valence-electron chi connectivity index (χ2n) is 6.05. The third kappa shape index (κ3) is 3.26. The maximum atomic E-state index is 12.7. The van der Waals surface area contributed by atoms with Crippen LogP contribution in [0.3, 0.4) is 0 Å². The number of aryl methyl sites for hydroxylation is 1. The number of phenols is 1. The number of aromatic hydroxyl groups is 1. The van der Waals surface area contributed by atoms with Crippen molar-refractivity contribution in [3.8, 4) is 5.75 Å². The number of carbonyl (C=O) groups excluding carboxylic acids is 2. The molecular formula is C20H19NO5. The predicted molar refractivity (Wildman–Crippen MR) is 96.2 cm³/mol. The molecule has 134 valence electrons. The normalized spacial score (nSPS) is 10.7. The number of amides is 1. The maximum Gasteiger partial charge on any atom is 0.341 e. The van der Waals surface area contributed by atoms with E-state index in [1.807, 2.05) is 24.3 Å². The number of nitrogens with zero attached hydrogens (tertiary/aromatic N) is 1. The largest absolute Gasteiger partial charge is 0.507 e. The van der Waals surface area contributed by atoms with Gasteiger partial charge in [-0.3, -0.25) is 4.79 Å². The number of hydrogen-bond donors (Lipinski definition) is 1. The molecule has 0 aliphatic rings. The second kappa shape index (κ2) is 6.92. The van der Waals surface area contributed by atoms with Gasteiger partial charge in [-0.1, -0.05) is 24.3 Å².